The standard InChI is InChI=1S/C11H20N2/c1-8(2)10-12-7-9(13(10)6)11(3,4)5/h7-8H,1-6H3. The van der Waals surface area contributed by atoms with Gasteiger partial charge in [0.2, 0.25) is 0 Å². The van der Waals surface area contributed by atoms with E-state index in [1.54, 1.807) is 0 Å². The van der Waals surface area contributed by atoms with Gasteiger partial charge in [-0.25, -0.2) is 4.98 Å². The van der Waals surface area contributed by atoms with Crippen LogP contribution in [-0.4, -0.2) is 9.55 Å². The molecule has 0 unspecified atom stereocenters. The van der Waals surface area contributed by atoms with Gasteiger partial charge in [0.15, 0.2) is 0 Å². The van der Waals surface area contributed by atoms with Crippen molar-refractivity contribution in [1.29, 1.82) is 0 Å². The molecule has 1 aromatic heterocycles. The number of nitrogens with zero attached hydrogens (tertiary/aromatic N) is 2. The maximum Gasteiger partial charge on any atom is 0.111 e. The van der Waals surface area contributed by atoms with Crippen LogP contribution in [0.1, 0.15) is 52.1 Å². The van der Waals surface area contributed by atoms with Gasteiger partial charge >= 0.3 is 0 Å². The lowest BCUT2D eigenvalue weighted by Crippen LogP contribution is -2.17. The molecular weight excluding hydrogens is 160 g/mol. The topological polar surface area (TPSA) is 17.8 Å². The minimum absolute atomic E-state index is 0.189. The molecule has 0 fully saturated rings. The van der Waals surface area contributed by atoms with Gasteiger partial charge in [-0.15, -0.1) is 0 Å². The van der Waals surface area contributed by atoms with E-state index >= 15 is 0 Å². The second-order valence-electron chi connectivity index (χ2n) is 4.97. The van der Waals surface area contributed by atoms with Gasteiger partial charge in [0.05, 0.1) is 0 Å². The van der Waals surface area contributed by atoms with Gasteiger partial charge in [-0.05, 0) is 0 Å². The van der Waals surface area contributed by atoms with Crippen LogP contribution in [0.5, 0.6) is 0 Å². The Morgan fingerprint density at radius 2 is 1.85 bits per heavy atom. The molecule has 0 N–H and O–H groups in total. The fourth-order valence-corrected chi connectivity index (χ4v) is 1.66. The van der Waals surface area contributed by atoms with E-state index in [4.69, 9.17) is 0 Å². The Balaban J connectivity index is 3.14. The molecule has 74 valence electrons. The predicted octanol–water partition coefficient (Wildman–Crippen LogP) is 2.84. The minimum atomic E-state index is 0.189. The molecule has 0 aliphatic carbocycles. The third-order valence-electron chi connectivity index (χ3n) is 2.31. The van der Waals surface area contributed by atoms with E-state index in [-0.39, 0.29) is 5.41 Å². The van der Waals surface area contributed by atoms with Crippen LogP contribution in [-0.2, 0) is 12.5 Å². The van der Waals surface area contributed by atoms with Crippen molar-refractivity contribution in [3.05, 3.63) is 17.7 Å². The Hall–Kier alpha value is -0.790. The fourth-order valence-electron chi connectivity index (χ4n) is 1.66. The minimum Gasteiger partial charge on any atom is -0.334 e. The third-order valence-corrected chi connectivity index (χ3v) is 2.31. The van der Waals surface area contributed by atoms with Crippen molar-refractivity contribution < 1.29 is 0 Å². The van der Waals surface area contributed by atoms with Gasteiger partial charge < -0.3 is 4.57 Å². The first-order valence-electron chi connectivity index (χ1n) is 4.86. The normalized spacial score (nSPS) is 12.5. The molecule has 1 rings (SSSR count). The summed E-state index contributed by atoms with van der Waals surface area (Å²) < 4.78 is 2.21. The Labute approximate surface area is 81.0 Å². The van der Waals surface area contributed by atoms with Crippen molar-refractivity contribution in [1.82, 2.24) is 9.55 Å². The summed E-state index contributed by atoms with van der Waals surface area (Å²) in [7, 11) is 2.10. The SMILES string of the molecule is CC(C)c1ncc(C(C)(C)C)n1C. The summed E-state index contributed by atoms with van der Waals surface area (Å²) >= 11 is 0. The first-order valence-corrected chi connectivity index (χ1v) is 4.86. The van der Waals surface area contributed by atoms with Crippen LogP contribution in [0, 0.1) is 0 Å². The van der Waals surface area contributed by atoms with Crippen LogP contribution in [0.3, 0.4) is 0 Å². The lowest BCUT2D eigenvalue weighted by Gasteiger charge is -2.19. The van der Waals surface area contributed by atoms with E-state index in [2.05, 4.69) is 51.2 Å². The van der Waals surface area contributed by atoms with Crippen molar-refractivity contribution in [2.24, 2.45) is 7.05 Å². The van der Waals surface area contributed by atoms with E-state index in [9.17, 15) is 0 Å². The van der Waals surface area contributed by atoms with Crippen LogP contribution in [0.4, 0.5) is 0 Å². The van der Waals surface area contributed by atoms with Crippen LogP contribution in [0.25, 0.3) is 0 Å². The van der Waals surface area contributed by atoms with E-state index in [1.165, 1.54) is 11.5 Å². The molecule has 2 nitrogen and oxygen atoms in total. The molecule has 1 aromatic rings. The lowest BCUT2D eigenvalue weighted by molar-refractivity contribution is 0.532. The number of hydrogen-bond donors (Lipinski definition) is 0. The first-order chi connectivity index (χ1) is 5.84. The second-order valence-corrected chi connectivity index (χ2v) is 4.97. The highest BCUT2D eigenvalue weighted by Gasteiger charge is 2.20. The highest BCUT2D eigenvalue weighted by atomic mass is 15.1. The lowest BCUT2D eigenvalue weighted by atomic mass is 9.93. The fraction of sp³-hybridized carbons (Fsp3) is 0.727. The van der Waals surface area contributed by atoms with Crippen LogP contribution < -0.4 is 0 Å². The highest BCUT2D eigenvalue weighted by molar-refractivity contribution is 5.15. The van der Waals surface area contributed by atoms with Crippen molar-refractivity contribution in [3.8, 4) is 0 Å². The van der Waals surface area contributed by atoms with Crippen LogP contribution in [0.2, 0.25) is 0 Å². The average Bonchev–Trinajstić information content (AvgIpc) is 2.28. The van der Waals surface area contributed by atoms with Crippen molar-refractivity contribution >= 4 is 0 Å². The number of aromatic nitrogens is 2. The van der Waals surface area contributed by atoms with Crippen LogP contribution in [0.15, 0.2) is 6.20 Å². The first kappa shape index (κ1) is 10.3. The van der Waals surface area contributed by atoms with Crippen molar-refractivity contribution in [3.63, 3.8) is 0 Å². The summed E-state index contributed by atoms with van der Waals surface area (Å²) in [5.74, 6) is 1.67. The monoisotopic (exact) mass is 180 g/mol. The number of imidazole rings is 1. The number of rotatable bonds is 1. The Morgan fingerprint density at radius 3 is 2.08 bits per heavy atom. The van der Waals surface area contributed by atoms with E-state index in [0.29, 0.717) is 5.92 Å². The molecule has 0 radical (unpaired) electrons. The van der Waals surface area contributed by atoms with Gasteiger partial charge in [-0.2, -0.15) is 0 Å². The molecule has 0 bridgehead atoms. The molecule has 0 aliphatic rings. The zero-order valence-electron chi connectivity index (χ0n) is 9.55. The molecule has 0 saturated heterocycles. The maximum absolute atomic E-state index is 4.44. The van der Waals surface area contributed by atoms with Gasteiger partial charge in [0, 0.05) is 30.3 Å². The van der Waals surface area contributed by atoms with Crippen molar-refractivity contribution in [2.75, 3.05) is 0 Å². The summed E-state index contributed by atoms with van der Waals surface area (Å²) in [6.45, 7) is 11.0. The molecule has 0 aliphatic heterocycles. The molecule has 13 heavy (non-hydrogen) atoms. The zero-order valence-corrected chi connectivity index (χ0v) is 9.55. The van der Waals surface area contributed by atoms with Gasteiger partial charge in [-0.3, -0.25) is 0 Å². The van der Waals surface area contributed by atoms with Gasteiger partial charge in [-0.1, -0.05) is 34.6 Å². The molecule has 0 aromatic carbocycles. The predicted molar refractivity (Wildman–Crippen MR) is 56.0 cm³/mol. The second kappa shape index (κ2) is 3.17. The summed E-state index contributed by atoms with van der Waals surface area (Å²) in [6, 6.07) is 0. The van der Waals surface area contributed by atoms with E-state index < -0.39 is 0 Å². The quantitative estimate of drug-likeness (QED) is 0.650. The molecule has 1 heterocycles. The molecule has 0 saturated carbocycles. The molecule has 0 atom stereocenters. The molecular formula is C11H20N2. The molecule has 0 spiro atoms. The van der Waals surface area contributed by atoms with Crippen molar-refractivity contribution in [2.45, 2.75) is 46.0 Å². The summed E-state index contributed by atoms with van der Waals surface area (Å²) in [6.07, 6.45) is 2.00. The van der Waals surface area contributed by atoms with Gasteiger partial charge in [0.1, 0.15) is 5.82 Å². The van der Waals surface area contributed by atoms with E-state index in [0.717, 1.165) is 0 Å². The highest BCUT2D eigenvalue weighted by Crippen LogP contribution is 2.24. The average molecular weight is 180 g/mol. The molecule has 0 amide bonds. The summed E-state index contributed by atoms with van der Waals surface area (Å²) in [4.78, 5) is 4.44. The zero-order chi connectivity index (χ0) is 10.2. The smallest absolute Gasteiger partial charge is 0.111 e. The maximum atomic E-state index is 4.44. The Kier molecular flexibility index (Phi) is 2.51. The Morgan fingerprint density at radius 1 is 1.31 bits per heavy atom. The summed E-state index contributed by atoms with van der Waals surface area (Å²) in [5, 5.41) is 0. The molecule has 2 heteroatoms. The third kappa shape index (κ3) is 1.93. The largest absolute Gasteiger partial charge is 0.334 e. The Bertz CT molecular complexity index is 290. The van der Waals surface area contributed by atoms with E-state index in [1.807, 2.05) is 6.20 Å². The van der Waals surface area contributed by atoms with Crippen LogP contribution >= 0.6 is 0 Å². The number of hydrogen-bond acceptors (Lipinski definition) is 1. The summed E-state index contributed by atoms with van der Waals surface area (Å²) in [5.41, 5.74) is 1.49. The van der Waals surface area contributed by atoms with Gasteiger partial charge in [0.25, 0.3) is 0 Å².